The number of allylic oxidation sites excluding steroid dienone is 1. The number of aromatic nitrogens is 1. The van der Waals surface area contributed by atoms with Crippen molar-refractivity contribution in [2.75, 3.05) is 13.6 Å². The van der Waals surface area contributed by atoms with Crippen molar-refractivity contribution >= 4 is 16.5 Å². The van der Waals surface area contributed by atoms with Gasteiger partial charge in [0.25, 0.3) is 0 Å². The van der Waals surface area contributed by atoms with Crippen LogP contribution in [0.4, 0.5) is 0 Å². The highest BCUT2D eigenvalue weighted by Crippen LogP contribution is 2.41. The molecule has 0 saturated heterocycles. The minimum absolute atomic E-state index is 0.450. The third-order valence-corrected chi connectivity index (χ3v) is 5.80. The Kier molecular flexibility index (Phi) is 15.8. The van der Waals surface area contributed by atoms with Crippen molar-refractivity contribution in [2.24, 2.45) is 5.92 Å². The third kappa shape index (κ3) is 7.78. The van der Waals surface area contributed by atoms with Crippen LogP contribution in [0.25, 0.3) is 16.5 Å². The lowest BCUT2D eigenvalue weighted by molar-refractivity contribution is 0.261. The molecule has 1 aliphatic heterocycles. The lowest BCUT2D eigenvalue weighted by Gasteiger charge is -2.39. The topological polar surface area (TPSA) is 8.17 Å². The van der Waals surface area contributed by atoms with Gasteiger partial charge in [0.15, 0.2) is 0 Å². The van der Waals surface area contributed by atoms with Crippen molar-refractivity contribution in [2.45, 2.75) is 87.2 Å². The molecule has 34 heavy (non-hydrogen) atoms. The van der Waals surface area contributed by atoms with Crippen LogP contribution in [0.2, 0.25) is 0 Å². The van der Waals surface area contributed by atoms with Gasteiger partial charge in [0, 0.05) is 42.1 Å². The first kappa shape index (κ1) is 31.5. The summed E-state index contributed by atoms with van der Waals surface area (Å²) in [6.07, 6.45) is 14.9. The summed E-state index contributed by atoms with van der Waals surface area (Å²) >= 11 is 0. The van der Waals surface area contributed by atoms with E-state index < -0.39 is 0 Å². The monoisotopic (exact) mass is 462 g/mol. The van der Waals surface area contributed by atoms with E-state index in [2.05, 4.69) is 85.5 Å². The zero-order valence-corrected chi connectivity index (χ0v) is 23.5. The van der Waals surface area contributed by atoms with Crippen LogP contribution in [0, 0.1) is 18.3 Å². The second kappa shape index (κ2) is 17.0. The molecule has 188 valence electrons. The number of likely N-dealkylation sites (N-methyl/N-ethyl adjacent to an activating group) is 1. The van der Waals surface area contributed by atoms with Gasteiger partial charge in [-0.25, -0.2) is 0 Å². The Hall–Kier alpha value is -2.50. The van der Waals surface area contributed by atoms with Gasteiger partial charge in [0.2, 0.25) is 0 Å². The van der Waals surface area contributed by atoms with E-state index in [0.29, 0.717) is 12.0 Å². The van der Waals surface area contributed by atoms with E-state index in [-0.39, 0.29) is 0 Å². The smallest absolute Gasteiger partial charge is 0.0489 e. The maximum Gasteiger partial charge on any atom is 0.0489 e. The molecule has 1 aromatic carbocycles. The van der Waals surface area contributed by atoms with E-state index >= 15 is 0 Å². The SMILES string of the molecule is C#CC.C=CC1C=C2c3cccc4c3c(cn4CCCC(=C)C)CC2N(C)C1.CC.CC.CC. The highest BCUT2D eigenvalue weighted by molar-refractivity contribution is 5.98. The predicted molar refractivity (Wildman–Crippen MR) is 156 cm³/mol. The average Bonchev–Trinajstić information content (AvgIpc) is 3.22. The minimum atomic E-state index is 0.450. The molecule has 2 aliphatic rings. The Morgan fingerprint density at radius 1 is 1.18 bits per heavy atom. The molecular weight excluding hydrogens is 412 g/mol. The number of hydrogen-bond acceptors (Lipinski definition) is 1. The summed E-state index contributed by atoms with van der Waals surface area (Å²) in [6, 6.07) is 7.31. The molecule has 2 heteroatoms. The summed E-state index contributed by atoms with van der Waals surface area (Å²) in [5, 5.41) is 1.47. The van der Waals surface area contributed by atoms with Gasteiger partial charge in [0.1, 0.15) is 0 Å². The maximum atomic E-state index is 4.60. The number of nitrogens with zero attached hydrogens (tertiary/aromatic N) is 2. The van der Waals surface area contributed by atoms with Crippen molar-refractivity contribution in [3.8, 4) is 12.3 Å². The first-order valence-electron chi connectivity index (χ1n) is 13.2. The van der Waals surface area contributed by atoms with Gasteiger partial charge in [-0.3, -0.25) is 4.90 Å². The Balaban J connectivity index is 0.00000108. The second-order valence-corrected chi connectivity index (χ2v) is 8.08. The number of hydrogen-bond donors (Lipinski definition) is 0. The fourth-order valence-electron chi connectivity index (χ4n) is 4.55. The summed E-state index contributed by atoms with van der Waals surface area (Å²) in [7, 11) is 2.25. The van der Waals surface area contributed by atoms with E-state index in [1.165, 1.54) is 33.2 Å². The zero-order valence-electron chi connectivity index (χ0n) is 23.5. The number of fused-ring (bicyclic) bond motifs is 2. The quantitative estimate of drug-likeness (QED) is 0.318. The molecule has 1 aromatic heterocycles. The summed E-state index contributed by atoms with van der Waals surface area (Å²) in [5.41, 5.74) is 7.09. The lowest BCUT2D eigenvalue weighted by Crippen LogP contribution is -2.42. The zero-order chi connectivity index (χ0) is 26.3. The summed E-state index contributed by atoms with van der Waals surface area (Å²) in [5.74, 6) is 2.70. The van der Waals surface area contributed by atoms with Gasteiger partial charge >= 0.3 is 0 Å². The van der Waals surface area contributed by atoms with Crippen molar-refractivity contribution < 1.29 is 0 Å². The van der Waals surface area contributed by atoms with E-state index in [4.69, 9.17) is 0 Å². The third-order valence-electron chi connectivity index (χ3n) is 5.80. The van der Waals surface area contributed by atoms with Crippen LogP contribution < -0.4 is 0 Å². The van der Waals surface area contributed by atoms with Crippen LogP contribution in [0.15, 0.2) is 55.3 Å². The van der Waals surface area contributed by atoms with Crippen molar-refractivity contribution in [3.05, 3.63) is 66.4 Å². The van der Waals surface area contributed by atoms with Gasteiger partial charge in [-0.05, 0) is 62.9 Å². The largest absolute Gasteiger partial charge is 0.347 e. The number of benzene rings is 1. The first-order chi connectivity index (χ1) is 16.5. The van der Waals surface area contributed by atoms with Crippen LogP contribution in [0.3, 0.4) is 0 Å². The fraction of sp³-hybridized carbons (Fsp3) is 0.500. The molecule has 1 aliphatic carbocycles. The molecule has 2 atom stereocenters. The van der Waals surface area contributed by atoms with E-state index in [1.54, 1.807) is 6.92 Å². The molecule has 2 heterocycles. The average molecular weight is 463 g/mol. The molecule has 0 radical (unpaired) electrons. The summed E-state index contributed by atoms with van der Waals surface area (Å²) in [6.45, 7) is 26.0. The normalized spacial score (nSPS) is 17.4. The minimum Gasteiger partial charge on any atom is -0.347 e. The first-order valence-corrected chi connectivity index (χ1v) is 13.2. The van der Waals surface area contributed by atoms with Gasteiger partial charge < -0.3 is 4.57 Å². The molecule has 0 saturated carbocycles. The Labute approximate surface area is 211 Å². The molecule has 2 unspecified atom stereocenters. The van der Waals surface area contributed by atoms with Gasteiger partial charge in [-0.1, -0.05) is 71.4 Å². The Morgan fingerprint density at radius 3 is 2.35 bits per heavy atom. The molecule has 0 N–H and O–H groups in total. The van der Waals surface area contributed by atoms with Crippen LogP contribution >= 0.6 is 0 Å². The molecule has 0 spiro atoms. The standard InChI is InChI=1S/C23H28N2.C3H4.3C2H6/c1-5-17-12-20-19-9-6-10-21-23(19)18(13-22(20)24(4)14-17)15-25(21)11-7-8-16(2)3;1-3-2;3*1-2/h5-6,9-10,12,15,17,22H,1-2,7-8,11,13-14H2,3-4H3;1H,2H3;3*1-2H3. The predicted octanol–water partition coefficient (Wildman–Crippen LogP) is 8.77. The highest BCUT2D eigenvalue weighted by Gasteiger charge is 2.33. The maximum absolute atomic E-state index is 4.60. The van der Waals surface area contributed by atoms with E-state index in [1.807, 2.05) is 41.5 Å². The van der Waals surface area contributed by atoms with Crippen molar-refractivity contribution in [1.29, 1.82) is 0 Å². The molecule has 2 aromatic rings. The van der Waals surface area contributed by atoms with Crippen molar-refractivity contribution in [1.82, 2.24) is 9.47 Å². The Bertz CT molecular complexity index is 951. The summed E-state index contributed by atoms with van der Waals surface area (Å²) < 4.78 is 2.46. The van der Waals surface area contributed by atoms with Gasteiger partial charge in [-0.15, -0.1) is 25.5 Å². The van der Waals surface area contributed by atoms with Gasteiger partial charge in [-0.2, -0.15) is 0 Å². The molecule has 0 amide bonds. The van der Waals surface area contributed by atoms with E-state index in [0.717, 1.165) is 32.4 Å². The molecule has 0 bridgehead atoms. The molecule has 0 fully saturated rings. The van der Waals surface area contributed by atoms with E-state index in [9.17, 15) is 0 Å². The number of terminal acetylenes is 1. The lowest BCUT2D eigenvalue weighted by atomic mass is 9.80. The van der Waals surface area contributed by atoms with Crippen molar-refractivity contribution in [3.63, 3.8) is 0 Å². The fourth-order valence-corrected chi connectivity index (χ4v) is 4.55. The van der Waals surface area contributed by atoms with Crippen LogP contribution in [-0.4, -0.2) is 29.1 Å². The number of aryl methyl sites for hydroxylation is 1. The molecular formula is C32H50N2. The van der Waals surface area contributed by atoms with Crippen LogP contribution in [0.1, 0.15) is 79.4 Å². The highest BCUT2D eigenvalue weighted by atomic mass is 15.1. The Morgan fingerprint density at radius 2 is 1.79 bits per heavy atom. The summed E-state index contributed by atoms with van der Waals surface area (Å²) in [4.78, 5) is 2.50. The molecule has 2 nitrogen and oxygen atoms in total. The van der Waals surface area contributed by atoms with Crippen LogP contribution in [0.5, 0.6) is 0 Å². The number of rotatable bonds is 5. The second-order valence-electron chi connectivity index (χ2n) is 8.08. The van der Waals surface area contributed by atoms with Crippen LogP contribution in [-0.2, 0) is 13.0 Å². The van der Waals surface area contributed by atoms with Gasteiger partial charge in [0.05, 0.1) is 0 Å². The molecule has 4 rings (SSSR count).